The molecule has 0 heterocycles. The monoisotopic (exact) mass is 260 g/mol. The molecule has 0 radical (unpaired) electrons. The molecule has 2 atom stereocenters. The molecule has 7 heteroatoms. The van der Waals surface area contributed by atoms with E-state index >= 15 is 0 Å². The zero-order valence-corrected chi connectivity index (χ0v) is 10.9. The quantitative estimate of drug-likeness (QED) is 0.578. The lowest BCUT2D eigenvalue weighted by Crippen LogP contribution is -2.49. The summed E-state index contributed by atoms with van der Waals surface area (Å²) in [6.45, 7) is 3.80. The van der Waals surface area contributed by atoms with Gasteiger partial charge in [0.15, 0.2) is 0 Å². The number of carboxylic acid groups (broad SMARTS) is 1. The van der Waals surface area contributed by atoms with Gasteiger partial charge in [-0.1, -0.05) is 13.3 Å². The third-order valence-corrected chi connectivity index (χ3v) is 2.30. The number of urea groups is 1. The Morgan fingerprint density at radius 2 is 1.89 bits per heavy atom. The molecule has 0 saturated heterocycles. The fourth-order valence-corrected chi connectivity index (χ4v) is 1.38. The van der Waals surface area contributed by atoms with E-state index in [1.807, 2.05) is 13.8 Å². The molecule has 0 saturated carbocycles. The van der Waals surface area contributed by atoms with Gasteiger partial charge in [-0.2, -0.15) is 0 Å². The average molecular weight is 260 g/mol. The Kier molecular flexibility index (Phi) is 7.50. The second kappa shape index (κ2) is 8.32. The molecular formula is C11H20N2O5. The van der Waals surface area contributed by atoms with Crippen molar-refractivity contribution in [3.05, 3.63) is 0 Å². The van der Waals surface area contributed by atoms with Gasteiger partial charge in [0.25, 0.3) is 0 Å². The van der Waals surface area contributed by atoms with E-state index in [-0.39, 0.29) is 6.04 Å². The number of esters is 1. The molecule has 0 aromatic rings. The molecule has 0 bridgehead atoms. The summed E-state index contributed by atoms with van der Waals surface area (Å²) < 4.78 is 4.36. The number of methoxy groups -OCH3 is 1. The van der Waals surface area contributed by atoms with Gasteiger partial charge in [-0.05, 0) is 13.3 Å². The van der Waals surface area contributed by atoms with Crippen molar-refractivity contribution in [2.24, 2.45) is 0 Å². The van der Waals surface area contributed by atoms with E-state index in [1.165, 1.54) is 0 Å². The van der Waals surface area contributed by atoms with E-state index in [2.05, 4.69) is 15.4 Å². The van der Waals surface area contributed by atoms with Crippen LogP contribution in [0.25, 0.3) is 0 Å². The molecule has 0 aromatic heterocycles. The summed E-state index contributed by atoms with van der Waals surface area (Å²) >= 11 is 0. The third-order valence-electron chi connectivity index (χ3n) is 2.30. The Morgan fingerprint density at radius 3 is 2.33 bits per heavy atom. The molecule has 0 spiro atoms. The molecule has 0 rings (SSSR count). The van der Waals surface area contributed by atoms with Gasteiger partial charge in [-0.15, -0.1) is 0 Å². The molecule has 1 unspecified atom stereocenters. The van der Waals surface area contributed by atoms with Crippen LogP contribution in [0.1, 0.15) is 33.1 Å². The lowest BCUT2D eigenvalue weighted by molar-refractivity contribution is -0.147. The van der Waals surface area contributed by atoms with Gasteiger partial charge in [0.05, 0.1) is 13.5 Å². The number of carboxylic acids is 1. The number of rotatable bonds is 7. The summed E-state index contributed by atoms with van der Waals surface area (Å²) in [5.74, 6) is -1.97. The van der Waals surface area contributed by atoms with Crippen LogP contribution in [0.5, 0.6) is 0 Å². The van der Waals surface area contributed by atoms with Crippen LogP contribution in [0.4, 0.5) is 4.79 Å². The van der Waals surface area contributed by atoms with Crippen LogP contribution in [-0.2, 0) is 14.3 Å². The molecule has 0 aliphatic rings. The van der Waals surface area contributed by atoms with Crippen LogP contribution in [0.3, 0.4) is 0 Å². The maximum atomic E-state index is 11.5. The van der Waals surface area contributed by atoms with E-state index in [0.29, 0.717) is 0 Å². The predicted octanol–water partition coefficient (Wildman–Crippen LogP) is 0.491. The summed E-state index contributed by atoms with van der Waals surface area (Å²) in [5, 5.41) is 13.7. The molecular weight excluding hydrogens is 240 g/mol. The molecule has 2 amide bonds. The minimum atomic E-state index is -1.29. The molecule has 0 aliphatic carbocycles. The van der Waals surface area contributed by atoms with E-state index in [4.69, 9.17) is 5.11 Å². The maximum Gasteiger partial charge on any atom is 0.326 e. The summed E-state index contributed by atoms with van der Waals surface area (Å²) in [6.07, 6.45) is 1.30. The first-order valence-corrected chi connectivity index (χ1v) is 5.77. The molecule has 104 valence electrons. The number of aliphatic carboxylic acids is 1. The van der Waals surface area contributed by atoms with Crippen LogP contribution < -0.4 is 10.6 Å². The van der Waals surface area contributed by atoms with Gasteiger partial charge in [0, 0.05) is 6.04 Å². The molecule has 18 heavy (non-hydrogen) atoms. The Hall–Kier alpha value is -1.79. The Labute approximate surface area is 106 Å². The number of carbonyl (C=O) groups excluding carboxylic acids is 2. The predicted molar refractivity (Wildman–Crippen MR) is 64.1 cm³/mol. The summed E-state index contributed by atoms with van der Waals surface area (Å²) in [7, 11) is 1.16. The third kappa shape index (κ3) is 6.72. The van der Waals surface area contributed by atoms with Gasteiger partial charge in [0.2, 0.25) is 0 Å². The van der Waals surface area contributed by atoms with E-state index in [9.17, 15) is 14.4 Å². The van der Waals surface area contributed by atoms with Crippen LogP contribution >= 0.6 is 0 Å². The van der Waals surface area contributed by atoms with Crippen molar-refractivity contribution in [2.75, 3.05) is 7.11 Å². The second-order valence-corrected chi connectivity index (χ2v) is 3.98. The second-order valence-electron chi connectivity index (χ2n) is 3.98. The number of hydrogen-bond donors (Lipinski definition) is 3. The highest BCUT2D eigenvalue weighted by atomic mass is 16.5. The first-order valence-electron chi connectivity index (χ1n) is 5.77. The topological polar surface area (TPSA) is 105 Å². The Morgan fingerprint density at radius 1 is 1.28 bits per heavy atom. The highest BCUT2D eigenvalue weighted by molar-refractivity contribution is 5.86. The van der Waals surface area contributed by atoms with Crippen LogP contribution in [0.15, 0.2) is 0 Å². The summed E-state index contributed by atoms with van der Waals surface area (Å²) in [4.78, 5) is 33.3. The van der Waals surface area contributed by atoms with Crippen molar-refractivity contribution in [1.82, 2.24) is 10.6 Å². The Bertz CT molecular complexity index is 306. The van der Waals surface area contributed by atoms with Crippen molar-refractivity contribution in [3.63, 3.8) is 0 Å². The zero-order valence-electron chi connectivity index (χ0n) is 10.9. The van der Waals surface area contributed by atoms with Gasteiger partial charge < -0.3 is 20.5 Å². The van der Waals surface area contributed by atoms with Gasteiger partial charge in [0.1, 0.15) is 6.04 Å². The van der Waals surface area contributed by atoms with Crippen molar-refractivity contribution in [3.8, 4) is 0 Å². The zero-order chi connectivity index (χ0) is 14.1. The van der Waals surface area contributed by atoms with E-state index in [1.54, 1.807) is 0 Å². The first-order chi connectivity index (χ1) is 8.40. The number of nitrogens with one attached hydrogen (secondary N) is 2. The lowest BCUT2D eigenvalue weighted by Gasteiger charge is -2.17. The molecule has 0 fully saturated rings. The standard InChI is InChI=1S/C11H20N2O5/c1-4-5-7(2)12-11(17)13-8(10(15)16)6-9(14)18-3/h7-8H,4-6H2,1-3H3,(H,15,16)(H2,12,13,17)/t7?,8-/m0/s1. The van der Waals surface area contributed by atoms with Gasteiger partial charge in [-0.3, -0.25) is 4.79 Å². The fraction of sp³-hybridized carbons (Fsp3) is 0.727. The molecule has 3 N–H and O–H groups in total. The smallest absolute Gasteiger partial charge is 0.326 e. The molecule has 7 nitrogen and oxygen atoms in total. The fourth-order valence-electron chi connectivity index (χ4n) is 1.38. The maximum absolute atomic E-state index is 11.5. The minimum absolute atomic E-state index is 0.0532. The largest absolute Gasteiger partial charge is 0.480 e. The molecule has 0 aliphatic heterocycles. The van der Waals surface area contributed by atoms with E-state index in [0.717, 1.165) is 20.0 Å². The SMILES string of the molecule is CCCC(C)NC(=O)N[C@@H](CC(=O)OC)C(=O)O. The van der Waals surface area contributed by atoms with Crippen molar-refractivity contribution < 1.29 is 24.2 Å². The van der Waals surface area contributed by atoms with Crippen LogP contribution in [-0.4, -0.2) is 42.3 Å². The van der Waals surface area contributed by atoms with Crippen molar-refractivity contribution >= 4 is 18.0 Å². The van der Waals surface area contributed by atoms with Crippen molar-refractivity contribution in [2.45, 2.75) is 45.2 Å². The summed E-state index contributed by atoms with van der Waals surface area (Å²) in [6, 6.07) is -1.94. The number of ether oxygens (including phenoxy) is 1. The highest BCUT2D eigenvalue weighted by Crippen LogP contribution is 1.97. The number of carbonyl (C=O) groups is 3. The Balaban J connectivity index is 4.28. The summed E-state index contributed by atoms with van der Waals surface area (Å²) in [5.41, 5.74) is 0. The normalized spacial score (nSPS) is 13.3. The van der Waals surface area contributed by atoms with Gasteiger partial charge >= 0.3 is 18.0 Å². The first kappa shape index (κ1) is 16.2. The molecule has 0 aromatic carbocycles. The lowest BCUT2D eigenvalue weighted by atomic mass is 10.2. The average Bonchev–Trinajstić information content (AvgIpc) is 2.27. The minimum Gasteiger partial charge on any atom is -0.480 e. The van der Waals surface area contributed by atoms with Crippen molar-refractivity contribution in [1.29, 1.82) is 0 Å². The number of amides is 2. The highest BCUT2D eigenvalue weighted by Gasteiger charge is 2.24. The van der Waals surface area contributed by atoms with Crippen LogP contribution in [0.2, 0.25) is 0 Å². The van der Waals surface area contributed by atoms with Crippen LogP contribution in [0, 0.1) is 0 Å². The van der Waals surface area contributed by atoms with Gasteiger partial charge in [-0.25, -0.2) is 9.59 Å². The number of hydrogen-bond acceptors (Lipinski definition) is 4. The van der Waals surface area contributed by atoms with E-state index < -0.39 is 30.4 Å².